The maximum atomic E-state index is 14.8. The molecule has 4 aliphatic rings. The number of carbonyl (C=O) groups is 5. The van der Waals surface area contributed by atoms with E-state index in [9.17, 15) is 29.1 Å². The van der Waals surface area contributed by atoms with Gasteiger partial charge in [-0.1, -0.05) is 39.8 Å². The third kappa shape index (κ3) is 9.66. The predicted octanol–water partition coefficient (Wildman–Crippen LogP) is 5.18. The number of pyridine rings is 1. The number of aromatic hydroxyl groups is 1. The summed E-state index contributed by atoms with van der Waals surface area (Å²) in [5.41, 5.74) is 9.54. The summed E-state index contributed by atoms with van der Waals surface area (Å²) >= 11 is 0. The van der Waals surface area contributed by atoms with E-state index < -0.39 is 47.2 Å². The summed E-state index contributed by atoms with van der Waals surface area (Å²) in [6.45, 7) is 13.6. The SMILES string of the molecule is CCn1c(-c2cccnc2[C@H](C)OC)c2c3cc(ccc31)-c1cc(O)cc(c1)C[C@H](NC(=O)[C@H](C(C)C)N(C)C(=O)[C@H]1C[C@@H]3COCC(=O)N3C1)C(=O)N1CCC[C@H](N1)C(=O)OCC(C)(C)C2. The van der Waals surface area contributed by atoms with Crippen molar-refractivity contribution in [3.63, 3.8) is 0 Å². The molecule has 358 valence electrons. The predicted molar refractivity (Wildman–Crippen MR) is 251 cm³/mol. The molecule has 2 aromatic heterocycles. The normalized spacial score (nSPS) is 23.1. The van der Waals surface area contributed by atoms with E-state index in [1.807, 2.05) is 39.0 Å². The maximum absolute atomic E-state index is 14.8. The van der Waals surface area contributed by atoms with Gasteiger partial charge < -0.3 is 39.0 Å². The number of hydrazine groups is 1. The number of hydrogen-bond acceptors (Lipinski definition) is 11. The van der Waals surface area contributed by atoms with Crippen LogP contribution in [0.25, 0.3) is 33.3 Å². The van der Waals surface area contributed by atoms with Crippen molar-refractivity contribution in [3.8, 4) is 28.1 Å². The van der Waals surface area contributed by atoms with Gasteiger partial charge in [0.25, 0.3) is 5.91 Å². The van der Waals surface area contributed by atoms with Crippen LogP contribution in [0.5, 0.6) is 5.75 Å². The van der Waals surface area contributed by atoms with Gasteiger partial charge in [-0.2, -0.15) is 0 Å². The minimum absolute atomic E-state index is 0.0113. The smallest absolute Gasteiger partial charge is 0.324 e. The summed E-state index contributed by atoms with van der Waals surface area (Å²) in [4.78, 5) is 77.9. The van der Waals surface area contributed by atoms with Crippen molar-refractivity contribution < 1.29 is 43.3 Å². The number of phenols is 1. The third-order valence-electron chi connectivity index (χ3n) is 14.0. The molecule has 0 saturated carbocycles. The molecule has 0 spiro atoms. The van der Waals surface area contributed by atoms with Crippen LogP contribution in [0.4, 0.5) is 0 Å². The molecule has 8 rings (SSSR count). The zero-order valence-electron chi connectivity index (χ0n) is 40.0. The van der Waals surface area contributed by atoms with Gasteiger partial charge in [-0.25, -0.2) is 5.43 Å². The Bertz CT molecular complexity index is 2550. The number of esters is 1. The van der Waals surface area contributed by atoms with Crippen molar-refractivity contribution in [2.45, 2.75) is 110 Å². The number of benzene rings is 2. The number of amides is 4. The lowest BCUT2D eigenvalue weighted by Crippen LogP contribution is -2.62. The second-order valence-corrected chi connectivity index (χ2v) is 19.8. The minimum Gasteiger partial charge on any atom is -0.508 e. The average molecular weight is 920 g/mol. The number of ether oxygens (including phenoxy) is 3. The molecule has 6 bridgehead atoms. The number of carbonyl (C=O) groups excluding carboxylic acids is 5. The average Bonchev–Trinajstić information content (AvgIpc) is 3.88. The van der Waals surface area contributed by atoms with Crippen molar-refractivity contribution in [2.24, 2.45) is 17.3 Å². The molecule has 4 amide bonds. The number of phenolic OH excluding ortho intramolecular Hbond substituents is 1. The van der Waals surface area contributed by atoms with Crippen molar-refractivity contribution in [2.75, 3.05) is 47.1 Å². The van der Waals surface area contributed by atoms with Crippen LogP contribution in [0.15, 0.2) is 54.7 Å². The highest BCUT2D eigenvalue weighted by atomic mass is 16.5. The van der Waals surface area contributed by atoms with Gasteiger partial charge in [-0.15, -0.1) is 0 Å². The van der Waals surface area contributed by atoms with Gasteiger partial charge in [0, 0.05) is 68.3 Å². The summed E-state index contributed by atoms with van der Waals surface area (Å²) in [6.07, 6.45) is 3.40. The minimum atomic E-state index is -1.17. The van der Waals surface area contributed by atoms with E-state index in [0.717, 1.165) is 39.0 Å². The Balaban J connectivity index is 1.19. The molecule has 0 unspecified atom stereocenters. The molecule has 67 heavy (non-hydrogen) atoms. The van der Waals surface area contributed by atoms with Gasteiger partial charge in [0.15, 0.2) is 0 Å². The van der Waals surface area contributed by atoms with Crippen LogP contribution in [-0.2, 0) is 57.6 Å². The molecule has 3 saturated heterocycles. The number of rotatable bonds is 9. The Kier molecular flexibility index (Phi) is 13.8. The highest BCUT2D eigenvalue weighted by Crippen LogP contribution is 2.42. The Morgan fingerprint density at radius 2 is 1.88 bits per heavy atom. The lowest BCUT2D eigenvalue weighted by atomic mass is 9.84. The molecule has 6 heterocycles. The third-order valence-corrected chi connectivity index (χ3v) is 14.0. The second kappa shape index (κ2) is 19.4. The Morgan fingerprint density at radius 1 is 1.09 bits per heavy atom. The summed E-state index contributed by atoms with van der Waals surface area (Å²) in [5, 5.41) is 16.7. The zero-order chi connectivity index (χ0) is 47.9. The van der Waals surface area contributed by atoms with Gasteiger partial charge in [-0.05, 0) is 104 Å². The summed E-state index contributed by atoms with van der Waals surface area (Å²) in [6, 6.07) is 12.3. The first kappa shape index (κ1) is 47.6. The molecule has 0 aliphatic carbocycles. The second-order valence-electron chi connectivity index (χ2n) is 19.8. The molecule has 16 nitrogen and oxygen atoms in total. The first-order valence-corrected chi connectivity index (χ1v) is 23.6. The fourth-order valence-electron chi connectivity index (χ4n) is 10.6. The Hall–Kier alpha value is -5.84. The lowest BCUT2D eigenvalue weighted by Gasteiger charge is -2.37. The number of nitrogens with one attached hydrogen (secondary N) is 2. The molecule has 0 radical (unpaired) electrons. The van der Waals surface area contributed by atoms with Gasteiger partial charge in [0.1, 0.15) is 30.5 Å². The monoisotopic (exact) mass is 919 g/mol. The molecule has 4 aromatic rings. The van der Waals surface area contributed by atoms with Crippen LogP contribution >= 0.6 is 0 Å². The Morgan fingerprint density at radius 3 is 2.61 bits per heavy atom. The van der Waals surface area contributed by atoms with E-state index in [2.05, 4.69) is 54.3 Å². The topological polar surface area (TPSA) is 185 Å². The lowest BCUT2D eigenvalue weighted by molar-refractivity contribution is -0.155. The fourth-order valence-corrected chi connectivity index (χ4v) is 10.6. The van der Waals surface area contributed by atoms with Crippen LogP contribution in [-0.4, -0.2) is 130 Å². The highest BCUT2D eigenvalue weighted by Gasteiger charge is 2.44. The first-order valence-electron chi connectivity index (χ1n) is 23.6. The van der Waals surface area contributed by atoms with E-state index in [1.165, 1.54) is 9.91 Å². The standard InChI is InChI=1S/C51H65N7O9/c1-9-56-42-15-14-32-23-38(42)39(46(56)37-12-10-16-52-44(37)30(4)65-8)24-51(5,6)28-67-50(64)40-13-11-17-58(54-40)49(63)41(20-31-18-33(32)22-36(59)19-31)53-47(61)45(29(2)3)55(7)48(62)34-21-35-26-66-27-43(60)57(35)25-34/h10,12,14-16,18-19,22-23,29-30,34-35,40-41,45,54,59H,9,11,13,17,20-21,24-28H2,1-8H3,(H,53,61)/t30-,34-,35+,40-,41-,45-/m0/s1. The molecule has 3 N–H and O–H groups in total. The van der Waals surface area contributed by atoms with E-state index in [-0.39, 0.29) is 68.4 Å². The van der Waals surface area contributed by atoms with Crippen LogP contribution in [0.3, 0.4) is 0 Å². The summed E-state index contributed by atoms with van der Waals surface area (Å²) in [7, 11) is 3.26. The van der Waals surface area contributed by atoms with E-state index in [1.54, 1.807) is 37.4 Å². The number of morpholine rings is 1. The summed E-state index contributed by atoms with van der Waals surface area (Å²) < 4.78 is 19.7. The number of hydrogen-bond donors (Lipinski definition) is 3. The highest BCUT2D eigenvalue weighted by molar-refractivity contribution is 5.96. The van der Waals surface area contributed by atoms with Gasteiger partial charge in [0.2, 0.25) is 17.7 Å². The van der Waals surface area contributed by atoms with Gasteiger partial charge in [-0.3, -0.25) is 34.0 Å². The quantitative estimate of drug-likeness (QED) is 0.188. The zero-order valence-corrected chi connectivity index (χ0v) is 40.0. The molecule has 16 heteroatoms. The summed E-state index contributed by atoms with van der Waals surface area (Å²) in [5.74, 6) is -2.77. The van der Waals surface area contributed by atoms with E-state index >= 15 is 0 Å². The number of nitrogens with zero attached hydrogens (tertiary/aromatic N) is 5. The number of likely N-dealkylation sites (N-methyl/N-ethyl adjacent to an activating group) is 1. The largest absolute Gasteiger partial charge is 0.508 e. The van der Waals surface area contributed by atoms with Crippen molar-refractivity contribution in [1.29, 1.82) is 0 Å². The number of fused-ring (bicyclic) bond motifs is 7. The molecule has 6 atom stereocenters. The van der Waals surface area contributed by atoms with Gasteiger partial charge in [0.05, 0.1) is 42.7 Å². The molecule has 4 aliphatic heterocycles. The number of aromatic nitrogens is 2. The number of methoxy groups -OCH3 is 1. The molecular formula is C51H65N7O9. The number of aryl methyl sites for hydroxylation is 1. The number of cyclic esters (lactones) is 1. The molecule has 2 aromatic carbocycles. The maximum Gasteiger partial charge on any atom is 0.324 e. The van der Waals surface area contributed by atoms with Crippen molar-refractivity contribution in [1.82, 2.24) is 35.1 Å². The van der Waals surface area contributed by atoms with Crippen LogP contribution in [0.1, 0.15) is 83.7 Å². The molecular weight excluding hydrogens is 855 g/mol. The van der Waals surface area contributed by atoms with Crippen molar-refractivity contribution in [3.05, 3.63) is 71.5 Å². The molecule has 3 fully saturated rings. The van der Waals surface area contributed by atoms with Crippen molar-refractivity contribution >= 4 is 40.5 Å². The Labute approximate surface area is 392 Å². The van der Waals surface area contributed by atoms with Gasteiger partial charge >= 0.3 is 5.97 Å². The van der Waals surface area contributed by atoms with E-state index in [0.29, 0.717) is 50.0 Å². The fraction of sp³-hybridized carbons (Fsp3) is 0.529. The van der Waals surface area contributed by atoms with Crippen LogP contribution < -0.4 is 10.7 Å². The first-order chi connectivity index (χ1) is 32.0. The van der Waals surface area contributed by atoms with E-state index in [4.69, 9.17) is 19.2 Å². The van der Waals surface area contributed by atoms with Crippen LogP contribution in [0, 0.1) is 17.3 Å². The van der Waals surface area contributed by atoms with Crippen LogP contribution in [0.2, 0.25) is 0 Å².